The first-order valence-electron chi connectivity index (χ1n) is 11.7. The average molecular weight is 570 g/mol. The molecule has 38 heavy (non-hydrogen) atoms. The van der Waals surface area contributed by atoms with Gasteiger partial charge in [0, 0.05) is 47.6 Å². The van der Waals surface area contributed by atoms with E-state index in [0.29, 0.717) is 0 Å². The number of rotatable bonds is 3. The molecule has 2 unspecified atom stereocenters. The van der Waals surface area contributed by atoms with Gasteiger partial charge in [0.15, 0.2) is 23.6 Å². The van der Waals surface area contributed by atoms with Gasteiger partial charge in [0.05, 0.1) is 29.4 Å². The fourth-order valence-electron chi connectivity index (χ4n) is 5.42. The van der Waals surface area contributed by atoms with Gasteiger partial charge in [-0.3, -0.25) is 14.4 Å². The van der Waals surface area contributed by atoms with Crippen molar-refractivity contribution in [3.63, 3.8) is 0 Å². The molecule has 6 atom stereocenters. The molecule has 2 aromatic rings. The molecule has 0 bridgehead atoms. The van der Waals surface area contributed by atoms with Crippen LogP contribution in [0, 0.1) is 0 Å². The SMILES string of the molecule is CC(=O)[C@]1(O)Cc2c(O)c3c(c(O)c2C(O[C@H]2C[C@H](N)C(O)[C@H](C)O2)C1)C(=O)c1ccccc1C3=O.Cl.Cl. The summed E-state index contributed by atoms with van der Waals surface area (Å²) >= 11 is 0. The van der Waals surface area contributed by atoms with E-state index in [1.807, 2.05) is 0 Å². The molecule has 1 heterocycles. The van der Waals surface area contributed by atoms with Gasteiger partial charge in [-0.25, -0.2) is 0 Å². The number of carbonyl (C=O) groups excluding carboxylic acids is 3. The molecule has 1 saturated heterocycles. The number of hydrogen-bond acceptors (Lipinski definition) is 10. The number of aromatic hydroxyl groups is 2. The van der Waals surface area contributed by atoms with Gasteiger partial charge in [-0.1, -0.05) is 24.3 Å². The van der Waals surface area contributed by atoms with Crippen LogP contribution in [-0.4, -0.2) is 67.9 Å². The first kappa shape index (κ1) is 30.0. The van der Waals surface area contributed by atoms with Crippen molar-refractivity contribution in [3.8, 4) is 11.5 Å². The molecule has 10 nitrogen and oxygen atoms in total. The van der Waals surface area contributed by atoms with Crippen LogP contribution in [0.2, 0.25) is 0 Å². The van der Waals surface area contributed by atoms with Gasteiger partial charge in [0.2, 0.25) is 0 Å². The monoisotopic (exact) mass is 569 g/mol. The van der Waals surface area contributed by atoms with Gasteiger partial charge in [-0.2, -0.15) is 0 Å². The molecule has 2 aromatic carbocycles. The Balaban J connectivity index is 0.00000200. The van der Waals surface area contributed by atoms with E-state index in [0.717, 1.165) is 0 Å². The van der Waals surface area contributed by atoms with Crippen molar-refractivity contribution < 1.29 is 44.3 Å². The van der Waals surface area contributed by atoms with Crippen LogP contribution < -0.4 is 5.73 Å². The first-order valence-corrected chi connectivity index (χ1v) is 11.7. The van der Waals surface area contributed by atoms with E-state index in [1.54, 1.807) is 19.1 Å². The molecule has 5 rings (SSSR count). The van der Waals surface area contributed by atoms with Crippen LogP contribution in [0.5, 0.6) is 11.5 Å². The summed E-state index contributed by atoms with van der Waals surface area (Å²) < 4.78 is 11.8. The largest absolute Gasteiger partial charge is 0.507 e. The molecule has 0 amide bonds. The minimum atomic E-state index is -1.97. The van der Waals surface area contributed by atoms with Crippen molar-refractivity contribution in [1.29, 1.82) is 0 Å². The third-order valence-corrected chi connectivity index (χ3v) is 7.50. The fourth-order valence-corrected chi connectivity index (χ4v) is 5.42. The number of fused-ring (bicyclic) bond motifs is 3. The highest BCUT2D eigenvalue weighted by Crippen LogP contribution is 2.51. The van der Waals surface area contributed by atoms with Crippen molar-refractivity contribution in [3.05, 3.63) is 57.6 Å². The fraction of sp³-hybridized carbons (Fsp3) is 0.423. The van der Waals surface area contributed by atoms with Crippen LogP contribution in [-0.2, 0) is 20.7 Å². The summed E-state index contributed by atoms with van der Waals surface area (Å²) in [5.41, 5.74) is 3.38. The van der Waals surface area contributed by atoms with Gasteiger partial charge in [0.1, 0.15) is 17.1 Å². The Morgan fingerprint density at radius 1 is 1.08 bits per heavy atom. The van der Waals surface area contributed by atoms with E-state index >= 15 is 0 Å². The standard InChI is InChI=1S/C26H27NO9.2ClH/c1-10-21(29)15(27)7-17(35-10)36-16-9-26(34,11(2)28)8-14-18(16)25(33)20-19(24(14)32)22(30)12-5-3-4-6-13(12)23(20)31;;/h3-6,10,15-17,21,29,32-34H,7-9,27H2,1-2H3;2*1H/t10-,15-,16?,17-,21?,26-;;/m0../s1. The van der Waals surface area contributed by atoms with Crippen molar-refractivity contribution in [2.24, 2.45) is 5.73 Å². The van der Waals surface area contributed by atoms with Crippen LogP contribution in [0.1, 0.15) is 75.8 Å². The lowest BCUT2D eigenvalue weighted by molar-refractivity contribution is -0.247. The lowest BCUT2D eigenvalue weighted by Gasteiger charge is -2.42. The van der Waals surface area contributed by atoms with E-state index in [2.05, 4.69) is 0 Å². The summed E-state index contributed by atoms with van der Waals surface area (Å²) in [6, 6.07) is 5.40. The maximum absolute atomic E-state index is 13.3. The number of benzene rings is 2. The molecule has 12 heteroatoms. The van der Waals surface area contributed by atoms with Crippen molar-refractivity contribution in [2.45, 2.75) is 69.4 Å². The van der Waals surface area contributed by atoms with E-state index in [-0.39, 0.29) is 71.0 Å². The summed E-state index contributed by atoms with van der Waals surface area (Å²) in [7, 11) is 0. The lowest BCUT2D eigenvalue weighted by Crippen LogP contribution is -2.52. The molecule has 0 radical (unpaired) electrons. The van der Waals surface area contributed by atoms with Crippen LogP contribution >= 0.6 is 24.8 Å². The topological polar surface area (TPSA) is 177 Å². The third-order valence-electron chi connectivity index (χ3n) is 7.50. The Morgan fingerprint density at radius 2 is 1.63 bits per heavy atom. The normalized spacial score (nSPS) is 29.8. The number of aliphatic hydroxyl groups is 2. The Labute approximate surface area is 230 Å². The number of aliphatic hydroxyl groups excluding tert-OH is 1. The van der Waals surface area contributed by atoms with E-state index in [9.17, 15) is 34.8 Å². The average Bonchev–Trinajstić information content (AvgIpc) is 2.82. The molecular weight excluding hydrogens is 541 g/mol. The summed E-state index contributed by atoms with van der Waals surface area (Å²) in [4.78, 5) is 39.0. The highest BCUT2D eigenvalue weighted by atomic mass is 35.5. The molecule has 3 aliphatic rings. The van der Waals surface area contributed by atoms with Crippen molar-refractivity contribution in [2.75, 3.05) is 0 Å². The van der Waals surface area contributed by atoms with Gasteiger partial charge >= 0.3 is 0 Å². The zero-order valence-corrected chi connectivity index (χ0v) is 22.2. The number of phenolic OH excluding ortho intramolecular Hbond substituents is 2. The van der Waals surface area contributed by atoms with Gasteiger partial charge in [0.25, 0.3) is 0 Å². The zero-order chi connectivity index (χ0) is 26.1. The number of nitrogens with two attached hydrogens (primary N) is 1. The van der Waals surface area contributed by atoms with Crippen LogP contribution in [0.4, 0.5) is 0 Å². The molecule has 0 saturated carbocycles. The second kappa shape index (κ2) is 10.5. The number of ether oxygens (including phenoxy) is 2. The molecule has 6 N–H and O–H groups in total. The Bertz CT molecular complexity index is 1300. The molecule has 1 aliphatic heterocycles. The first-order chi connectivity index (χ1) is 16.9. The van der Waals surface area contributed by atoms with Gasteiger partial charge < -0.3 is 35.6 Å². The lowest BCUT2D eigenvalue weighted by atomic mass is 9.72. The van der Waals surface area contributed by atoms with Crippen molar-refractivity contribution in [1.82, 2.24) is 0 Å². The predicted molar refractivity (Wildman–Crippen MR) is 138 cm³/mol. The third kappa shape index (κ3) is 4.50. The Kier molecular flexibility index (Phi) is 8.31. The van der Waals surface area contributed by atoms with E-state index in [1.165, 1.54) is 19.1 Å². The highest BCUT2D eigenvalue weighted by Gasteiger charge is 2.49. The van der Waals surface area contributed by atoms with E-state index < -0.39 is 71.5 Å². The maximum Gasteiger partial charge on any atom is 0.198 e. The summed E-state index contributed by atoms with van der Waals surface area (Å²) in [5.74, 6) is -3.06. The predicted octanol–water partition coefficient (Wildman–Crippen LogP) is 1.86. The number of hydrogen-bond donors (Lipinski definition) is 5. The van der Waals surface area contributed by atoms with Crippen LogP contribution in [0.25, 0.3) is 0 Å². The Morgan fingerprint density at radius 3 is 2.16 bits per heavy atom. The molecule has 206 valence electrons. The number of Topliss-reactive ketones (excluding diaryl/α,β-unsaturated/α-hetero) is 1. The Hall–Kier alpha value is -2.57. The summed E-state index contributed by atoms with van der Waals surface area (Å²) in [6.45, 7) is 2.80. The number of ketones is 3. The number of carbonyl (C=O) groups is 3. The second-order valence-corrected chi connectivity index (χ2v) is 9.80. The number of halogens is 2. The molecule has 1 fully saturated rings. The smallest absolute Gasteiger partial charge is 0.198 e. The second-order valence-electron chi connectivity index (χ2n) is 9.80. The minimum Gasteiger partial charge on any atom is -0.507 e. The molecule has 0 aromatic heterocycles. The van der Waals surface area contributed by atoms with Crippen LogP contribution in [0.15, 0.2) is 24.3 Å². The zero-order valence-electron chi connectivity index (χ0n) is 20.5. The highest BCUT2D eigenvalue weighted by molar-refractivity contribution is 6.30. The van der Waals surface area contributed by atoms with Crippen LogP contribution in [0.3, 0.4) is 0 Å². The number of phenols is 2. The molecule has 2 aliphatic carbocycles. The quantitative estimate of drug-likeness (QED) is 0.292. The van der Waals surface area contributed by atoms with Crippen molar-refractivity contribution >= 4 is 42.2 Å². The summed E-state index contributed by atoms with van der Waals surface area (Å²) in [5, 5.41) is 43.8. The molecular formula is C26H29Cl2NO9. The summed E-state index contributed by atoms with van der Waals surface area (Å²) in [6.07, 6.45) is -4.38. The van der Waals surface area contributed by atoms with Gasteiger partial charge in [-0.15, -0.1) is 24.8 Å². The van der Waals surface area contributed by atoms with Gasteiger partial charge in [-0.05, 0) is 13.8 Å². The van der Waals surface area contributed by atoms with E-state index in [4.69, 9.17) is 15.2 Å². The maximum atomic E-state index is 13.3. The molecule has 0 spiro atoms. The minimum absolute atomic E-state index is 0.